The molecule has 1 aliphatic rings. The molecule has 1 N–H and O–H groups in total. The normalized spacial score (nSPS) is 17.0. The van der Waals surface area contributed by atoms with Gasteiger partial charge in [-0.1, -0.05) is 0 Å². The highest BCUT2D eigenvalue weighted by atomic mass is 19.3. The summed E-state index contributed by atoms with van der Waals surface area (Å²) in [7, 11) is 1.66. The Labute approximate surface area is 233 Å². The van der Waals surface area contributed by atoms with E-state index in [1.807, 2.05) is 19.1 Å². The lowest BCUT2D eigenvalue weighted by molar-refractivity contribution is -0.135. The van der Waals surface area contributed by atoms with Gasteiger partial charge in [-0.3, -0.25) is 4.40 Å². The number of anilines is 2. The third kappa shape index (κ3) is 5.37. The lowest BCUT2D eigenvalue weighted by Gasteiger charge is -2.36. The number of rotatable bonds is 8. The zero-order chi connectivity index (χ0) is 28.6. The number of nitrogens with zero attached hydrogens (tertiary/aromatic N) is 8. The number of ether oxygens (including phenoxy) is 3. The monoisotopic (exact) mass is 563 g/mol. The summed E-state index contributed by atoms with van der Waals surface area (Å²) in [6.07, 6.45) is 6.52. The van der Waals surface area contributed by atoms with E-state index in [4.69, 9.17) is 14.2 Å². The van der Waals surface area contributed by atoms with Gasteiger partial charge >= 0.3 is 0 Å². The van der Waals surface area contributed by atoms with Crippen LogP contribution in [0.2, 0.25) is 0 Å². The minimum atomic E-state index is -3.07. The van der Waals surface area contributed by atoms with Crippen molar-refractivity contribution in [2.45, 2.75) is 32.3 Å². The van der Waals surface area contributed by atoms with Crippen LogP contribution in [0.25, 0.3) is 16.7 Å². The molecule has 0 spiro atoms. The van der Waals surface area contributed by atoms with Crippen molar-refractivity contribution in [1.82, 2.24) is 39.4 Å². The van der Waals surface area contributed by atoms with E-state index < -0.39 is 18.6 Å². The van der Waals surface area contributed by atoms with Crippen LogP contribution in [0, 0.1) is 6.92 Å². The van der Waals surface area contributed by atoms with E-state index in [1.165, 1.54) is 12.5 Å². The molecule has 212 valence electrons. The predicted octanol–water partition coefficient (Wildman–Crippen LogP) is 4.42. The first kappa shape index (κ1) is 26.5. The summed E-state index contributed by atoms with van der Waals surface area (Å²) in [6, 6.07) is 5.50. The van der Waals surface area contributed by atoms with Crippen LogP contribution in [-0.2, 0) is 0 Å². The Morgan fingerprint density at radius 2 is 2.02 bits per heavy atom. The smallest absolute Gasteiger partial charge is 0.296 e. The number of alkyl halides is 2. The Morgan fingerprint density at radius 3 is 2.83 bits per heavy atom. The van der Waals surface area contributed by atoms with Crippen molar-refractivity contribution in [1.29, 1.82) is 0 Å². The zero-order valence-electron chi connectivity index (χ0n) is 22.6. The first-order chi connectivity index (χ1) is 19.8. The maximum absolute atomic E-state index is 15.0. The molecule has 5 aromatic rings. The van der Waals surface area contributed by atoms with Crippen LogP contribution in [0.1, 0.15) is 18.9 Å². The van der Waals surface area contributed by atoms with E-state index in [9.17, 15) is 8.78 Å². The van der Waals surface area contributed by atoms with Crippen molar-refractivity contribution in [2.75, 3.05) is 32.1 Å². The highest BCUT2D eigenvalue weighted by Gasteiger charge is 2.46. The topological polar surface area (TPSA) is 125 Å². The van der Waals surface area contributed by atoms with E-state index in [-0.39, 0.29) is 24.7 Å². The van der Waals surface area contributed by atoms with Crippen molar-refractivity contribution >= 4 is 28.2 Å². The third-order valence-electron chi connectivity index (χ3n) is 6.66. The van der Waals surface area contributed by atoms with Gasteiger partial charge in [0, 0.05) is 18.7 Å². The Kier molecular flexibility index (Phi) is 6.91. The molecule has 6 rings (SSSR count). The molecular formula is C27H27F2N9O3. The second-order valence-electron chi connectivity index (χ2n) is 9.74. The van der Waals surface area contributed by atoms with Gasteiger partial charge in [0.1, 0.15) is 24.2 Å². The quantitative estimate of drug-likeness (QED) is 0.288. The number of pyridine rings is 1. The van der Waals surface area contributed by atoms with Crippen LogP contribution in [0.3, 0.4) is 0 Å². The van der Waals surface area contributed by atoms with E-state index in [2.05, 4.69) is 35.5 Å². The predicted molar refractivity (Wildman–Crippen MR) is 145 cm³/mol. The highest BCUT2D eigenvalue weighted by molar-refractivity contribution is 5.96. The zero-order valence-corrected chi connectivity index (χ0v) is 22.6. The number of likely N-dealkylation sites (tertiary alicyclic amines) is 1. The molecule has 1 fully saturated rings. The second kappa shape index (κ2) is 10.7. The van der Waals surface area contributed by atoms with Gasteiger partial charge in [-0.05, 0) is 44.7 Å². The maximum Gasteiger partial charge on any atom is 0.296 e. The van der Waals surface area contributed by atoms with E-state index in [1.54, 1.807) is 48.1 Å². The van der Waals surface area contributed by atoms with Crippen molar-refractivity contribution in [3.05, 3.63) is 55.0 Å². The lowest BCUT2D eigenvalue weighted by Crippen LogP contribution is -2.52. The number of nitrogens with one attached hydrogen (secondary N) is 1. The molecule has 5 heterocycles. The molecule has 1 aromatic carbocycles. The van der Waals surface area contributed by atoms with Crippen LogP contribution >= 0.6 is 0 Å². The minimum absolute atomic E-state index is 0.0789. The fourth-order valence-electron chi connectivity index (χ4n) is 4.70. The summed E-state index contributed by atoms with van der Waals surface area (Å²) in [5.74, 6) is -0.916. The standard InChI is InChI=1S/C27H27F2N9O3/c1-4-39-25-23(41-21-7-8-37(3)13-27(21,28)29)22-19(11-30-25)32-14-33-24(22)35-17-5-6-20(16(2)9-17)40-18-10-31-26-36-34-15-38(26)12-18/h5-6,9-12,14-15,21H,4,7-8,13H2,1-3H3,(H,32,33,35)/t21-/m0/s1. The summed E-state index contributed by atoms with van der Waals surface area (Å²) in [4.78, 5) is 18.8. The van der Waals surface area contributed by atoms with Crippen LogP contribution in [0.5, 0.6) is 23.1 Å². The number of hydrogen-bond acceptors (Lipinski definition) is 11. The lowest BCUT2D eigenvalue weighted by atomic mass is 10.0. The van der Waals surface area contributed by atoms with Gasteiger partial charge in [-0.2, -0.15) is 0 Å². The van der Waals surface area contributed by atoms with Gasteiger partial charge in [0.05, 0.1) is 42.6 Å². The van der Waals surface area contributed by atoms with Gasteiger partial charge in [0.2, 0.25) is 0 Å². The largest absolute Gasteiger partial charge is 0.478 e. The molecule has 0 saturated carbocycles. The van der Waals surface area contributed by atoms with Gasteiger partial charge in [0.25, 0.3) is 17.6 Å². The number of hydrogen-bond donors (Lipinski definition) is 1. The first-order valence-electron chi connectivity index (χ1n) is 13.0. The molecule has 41 heavy (non-hydrogen) atoms. The molecule has 1 saturated heterocycles. The van der Waals surface area contributed by atoms with Crippen LogP contribution < -0.4 is 19.5 Å². The average Bonchev–Trinajstić information content (AvgIpc) is 3.41. The minimum Gasteiger partial charge on any atom is -0.478 e. The average molecular weight is 564 g/mol. The van der Waals surface area contributed by atoms with Crippen molar-refractivity contribution in [2.24, 2.45) is 0 Å². The van der Waals surface area contributed by atoms with Crippen LogP contribution in [0.15, 0.2) is 49.4 Å². The van der Waals surface area contributed by atoms with Crippen LogP contribution in [0.4, 0.5) is 20.3 Å². The second-order valence-corrected chi connectivity index (χ2v) is 9.74. The van der Waals surface area contributed by atoms with E-state index >= 15 is 0 Å². The molecule has 0 bridgehead atoms. The molecule has 4 aromatic heterocycles. The Morgan fingerprint density at radius 1 is 1.15 bits per heavy atom. The Balaban J connectivity index is 1.32. The van der Waals surface area contributed by atoms with Gasteiger partial charge in [-0.25, -0.2) is 28.7 Å². The number of aromatic nitrogens is 7. The number of aryl methyl sites for hydroxylation is 1. The van der Waals surface area contributed by atoms with Crippen molar-refractivity contribution < 1.29 is 23.0 Å². The summed E-state index contributed by atoms with van der Waals surface area (Å²) in [5, 5.41) is 11.4. The number of piperidine rings is 1. The molecule has 14 heteroatoms. The van der Waals surface area contributed by atoms with E-state index in [0.29, 0.717) is 46.2 Å². The summed E-state index contributed by atoms with van der Waals surface area (Å²) in [6.45, 7) is 4.03. The van der Waals surface area contributed by atoms with Crippen LogP contribution in [-0.4, -0.2) is 78.2 Å². The molecular weight excluding hydrogens is 536 g/mol. The first-order valence-corrected chi connectivity index (χ1v) is 13.0. The Bertz CT molecular complexity index is 1710. The SMILES string of the molecule is CCOc1ncc2ncnc(Nc3ccc(Oc4cnc5nncn5c4)c(C)c3)c2c1O[C@H]1CCN(C)CC1(F)F. The Hall–Kier alpha value is -4.72. The highest BCUT2D eigenvalue weighted by Crippen LogP contribution is 2.41. The van der Waals surface area contributed by atoms with Gasteiger partial charge in [-0.15, -0.1) is 10.2 Å². The third-order valence-corrected chi connectivity index (χ3v) is 6.66. The summed E-state index contributed by atoms with van der Waals surface area (Å²) in [5.41, 5.74) is 1.94. The van der Waals surface area contributed by atoms with Crippen molar-refractivity contribution in [3.63, 3.8) is 0 Å². The summed E-state index contributed by atoms with van der Waals surface area (Å²) >= 11 is 0. The van der Waals surface area contributed by atoms with E-state index in [0.717, 1.165) is 5.56 Å². The summed E-state index contributed by atoms with van der Waals surface area (Å²) < 4.78 is 49.3. The molecule has 0 amide bonds. The number of fused-ring (bicyclic) bond motifs is 2. The molecule has 0 unspecified atom stereocenters. The fraction of sp³-hybridized carbons (Fsp3) is 0.333. The maximum atomic E-state index is 15.0. The fourth-order valence-corrected chi connectivity index (χ4v) is 4.70. The number of halogens is 2. The molecule has 0 radical (unpaired) electrons. The number of benzene rings is 1. The molecule has 1 atom stereocenters. The van der Waals surface area contributed by atoms with Gasteiger partial charge in [0.15, 0.2) is 17.6 Å². The molecule has 12 nitrogen and oxygen atoms in total. The van der Waals surface area contributed by atoms with Crippen molar-refractivity contribution in [3.8, 4) is 23.1 Å². The van der Waals surface area contributed by atoms with Gasteiger partial charge < -0.3 is 24.4 Å². The molecule has 0 aliphatic carbocycles. The molecule has 1 aliphatic heterocycles.